The first-order valence-corrected chi connectivity index (χ1v) is 7.87. The first-order chi connectivity index (χ1) is 9.14. The van der Waals surface area contributed by atoms with Crippen LogP contribution in [0.4, 0.5) is 0 Å². The predicted molar refractivity (Wildman–Crippen MR) is 85.6 cm³/mol. The van der Waals surface area contributed by atoms with E-state index >= 15 is 0 Å². The Morgan fingerprint density at radius 3 is 2.05 bits per heavy atom. The van der Waals surface area contributed by atoms with Gasteiger partial charge in [-0.25, -0.2) is 0 Å². The molecule has 1 aromatic rings. The minimum Gasteiger partial charge on any atom is -0.316 e. The van der Waals surface area contributed by atoms with Gasteiger partial charge < -0.3 is 5.32 Å². The van der Waals surface area contributed by atoms with Crippen molar-refractivity contribution in [1.82, 2.24) is 5.32 Å². The van der Waals surface area contributed by atoms with Gasteiger partial charge in [0.2, 0.25) is 0 Å². The van der Waals surface area contributed by atoms with E-state index in [1.807, 2.05) is 0 Å². The molecule has 1 nitrogen and oxygen atoms in total. The number of likely N-dealkylation sites (N-methyl/N-ethyl adjacent to an activating group) is 1. The summed E-state index contributed by atoms with van der Waals surface area (Å²) >= 11 is 0. The Balaban J connectivity index is 3.09. The maximum Gasteiger partial charge on any atom is 0.0163 e. The minimum atomic E-state index is 0.263. The summed E-state index contributed by atoms with van der Waals surface area (Å²) in [6.45, 7) is 9.32. The highest BCUT2D eigenvalue weighted by atomic mass is 14.9. The van der Waals surface area contributed by atoms with Gasteiger partial charge in [0.05, 0.1) is 0 Å². The van der Waals surface area contributed by atoms with Crippen molar-refractivity contribution in [3.05, 3.63) is 35.9 Å². The van der Waals surface area contributed by atoms with E-state index in [-0.39, 0.29) is 5.41 Å². The molecular weight excluding hydrogens is 230 g/mol. The van der Waals surface area contributed by atoms with Gasteiger partial charge in [0.15, 0.2) is 0 Å². The molecule has 0 aliphatic carbocycles. The lowest BCUT2D eigenvalue weighted by Gasteiger charge is -2.41. The molecule has 0 bridgehead atoms. The Bertz CT molecular complexity index is 340. The van der Waals surface area contributed by atoms with Crippen molar-refractivity contribution in [1.29, 1.82) is 0 Å². The third kappa shape index (κ3) is 3.60. The monoisotopic (exact) mass is 261 g/mol. The molecule has 0 aromatic heterocycles. The van der Waals surface area contributed by atoms with Crippen LogP contribution in [-0.4, -0.2) is 13.1 Å². The van der Waals surface area contributed by atoms with Crippen LogP contribution in [-0.2, 0) is 5.41 Å². The van der Waals surface area contributed by atoms with E-state index in [0.717, 1.165) is 5.92 Å². The van der Waals surface area contributed by atoms with E-state index in [4.69, 9.17) is 0 Å². The van der Waals surface area contributed by atoms with Crippen molar-refractivity contribution < 1.29 is 0 Å². The molecule has 1 aromatic carbocycles. The number of hydrogen-bond acceptors (Lipinski definition) is 1. The highest BCUT2D eigenvalue weighted by Crippen LogP contribution is 2.37. The summed E-state index contributed by atoms with van der Waals surface area (Å²) in [6.07, 6.45) is 4.89. The van der Waals surface area contributed by atoms with E-state index < -0.39 is 0 Å². The SMILES string of the molecule is CCC(C)CC(NC)C(CC)(CC)c1ccccc1. The standard InChI is InChI=1S/C18H31N/c1-6-15(4)14-17(19-5)18(7-2,8-3)16-12-10-9-11-13-16/h9-13,15,17,19H,6-8,14H2,1-5H3. The van der Waals surface area contributed by atoms with Crippen LogP contribution in [0.2, 0.25) is 0 Å². The van der Waals surface area contributed by atoms with E-state index in [0.29, 0.717) is 6.04 Å². The molecule has 1 N–H and O–H groups in total. The number of hydrogen-bond donors (Lipinski definition) is 1. The van der Waals surface area contributed by atoms with E-state index in [1.54, 1.807) is 0 Å². The van der Waals surface area contributed by atoms with Crippen molar-refractivity contribution in [3.63, 3.8) is 0 Å². The third-order valence-electron chi connectivity index (χ3n) is 4.96. The van der Waals surface area contributed by atoms with Gasteiger partial charge in [-0.2, -0.15) is 0 Å². The van der Waals surface area contributed by atoms with Gasteiger partial charge in [-0.1, -0.05) is 64.4 Å². The van der Waals surface area contributed by atoms with Crippen molar-refractivity contribution in [3.8, 4) is 0 Å². The van der Waals surface area contributed by atoms with E-state index in [9.17, 15) is 0 Å². The van der Waals surface area contributed by atoms with Crippen molar-refractivity contribution in [2.24, 2.45) is 5.92 Å². The average Bonchev–Trinajstić information content (AvgIpc) is 2.48. The molecule has 0 saturated carbocycles. The van der Waals surface area contributed by atoms with Gasteiger partial charge in [0.25, 0.3) is 0 Å². The minimum absolute atomic E-state index is 0.263. The van der Waals surface area contributed by atoms with Crippen LogP contribution in [0.5, 0.6) is 0 Å². The molecule has 1 rings (SSSR count). The second-order valence-corrected chi connectivity index (χ2v) is 5.82. The highest BCUT2D eigenvalue weighted by Gasteiger charge is 2.36. The zero-order valence-electron chi connectivity index (χ0n) is 13.4. The summed E-state index contributed by atoms with van der Waals surface area (Å²) in [7, 11) is 2.12. The Morgan fingerprint density at radius 1 is 1.05 bits per heavy atom. The van der Waals surface area contributed by atoms with Crippen molar-refractivity contribution >= 4 is 0 Å². The van der Waals surface area contributed by atoms with Crippen LogP contribution < -0.4 is 5.32 Å². The predicted octanol–water partition coefficient (Wildman–Crippen LogP) is 4.77. The third-order valence-corrected chi connectivity index (χ3v) is 4.96. The Morgan fingerprint density at radius 2 is 1.63 bits per heavy atom. The van der Waals surface area contributed by atoms with Gasteiger partial charge in [0.1, 0.15) is 0 Å². The molecule has 0 spiro atoms. The lowest BCUT2D eigenvalue weighted by molar-refractivity contribution is 0.243. The van der Waals surface area contributed by atoms with Crippen LogP contribution in [0, 0.1) is 5.92 Å². The summed E-state index contributed by atoms with van der Waals surface area (Å²) in [5, 5.41) is 3.61. The maximum absolute atomic E-state index is 3.61. The molecule has 0 aliphatic heterocycles. The Kier molecular flexibility index (Phi) is 6.57. The zero-order valence-corrected chi connectivity index (χ0v) is 13.4. The molecule has 0 saturated heterocycles. The smallest absolute Gasteiger partial charge is 0.0163 e. The van der Waals surface area contributed by atoms with Gasteiger partial charge in [0, 0.05) is 11.5 Å². The molecule has 1 heteroatoms. The second-order valence-electron chi connectivity index (χ2n) is 5.82. The Labute approximate surface area is 119 Å². The van der Waals surface area contributed by atoms with Crippen molar-refractivity contribution in [2.45, 2.75) is 64.8 Å². The first kappa shape index (κ1) is 16.2. The van der Waals surface area contributed by atoms with Crippen LogP contribution in [0.15, 0.2) is 30.3 Å². The molecule has 0 amide bonds. The molecule has 2 atom stereocenters. The molecule has 19 heavy (non-hydrogen) atoms. The fourth-order valence-electron chi connectivity index (χ4n) is 3.31. The van der Waals surface area contributed by atoms with E-state index in [2.05, 4.69) is 70.4 Å². The van der Waals surface area contributed by atoms with Gasteiger partial charge >= 0.3 is 0 Å². The summed E-state index contributed by atoms with van der Waals surface area (Å²) in [4.78, 5) is 0. The quantitative estimate of drug-likeness (QED) is 0.711. The highest BCUT2D eigenvalue weighted by molar-refractivity contribution is 5.27. The number of rotatable bonds is 8. The molecule has 0 heterocycles. The van der Waals surface area contributed by atoms with Crippen LogP contribution in [0.1, 0.15) is 58.9 Å². The van der Waals surface area contributed by atoms with Crippen LogP contribution >= 0.6 is 0 Å². The average molecular weight is 261 g/mol. The molecule has 0 aliphatic rings. The molecular formula is C18H31N. The molecule has 0 fully saturated rings. The summed E-state index contributed by atoms with van der Waals surface area (Å²) in [6, 6.07) is 11.6. The van der Waals surface area contributed by atoms with Gasteiger partial charge in [-0.3, -0.25) is 0 Å². The molecule has 0 radical (unpaired) electrons. The van der Waals surface area contributed by atoms with E-state index in [1.165, 1.54) is 31.2 Å². The van der Waals surface area contributed by atoms with Crippen molar-refractivity contribution in [2.75, 3.05) is 7.05 Å². The first-order valence-electron chi connectivity index (χ1n) is 7.87. The fraction of sp³-hybridized carbons (Fsp3) is 0.667. The van der Waals surface area contributed by atoms with Gasteiger partial charge in [-0.05, 0) is 37.8 Å². The van der Waals surface area contributed by atoms with Crippen LogP contribution in [0.3, 0.4) is 0 Å². The molecule has 2 unspecified atom stereocenters. The fourth-order valence-corrected chi connectivity index (χ4v) is 3.31. The summed E-state index contributed by atoms with van der Waals surface area (Å²) in [5.74, 6) is 0.777. The largest absolute Gasteiger partial charge is 0.316 e. The maximum atomic E-state index is 3.61. The van der Waals surface area contributed by atoms with Crippen LogP contribution in [0.25, 0.3) is 0 Å². The molecule has 108 valence electrons. The summed E-state index contributed by atoms with van der Waals surface area (Å²) < 4.78 is 0. The lowest BCUT2D eigenvalue weighted by atomic mass is 9.68. The summed E-state index contributed by atoms with van der Waals surface area (Å²) in [5.41, 5.74) is 1.75. The lowest BCUT2D eigenvalue weighted by Crippen LogP contribution is -2.47. The number of nitrogens with one attached hydrogen (secondary N) is 1. The van der Waals surface area contributed by atoms with Gasteiger partial charge in [-0.15, -0.1) is 0 Å². The zero-order chi connectivity index (χ0) is 14.3. The number of benzene rings is 1. The Hall–Kier alpha value is -0.820. The normalized spacial score (nSPS) is 15.2. The topological polar surface area (TPSA) is 12.0 Å². The second kappa shape index (κ2) is 7.69.